The molecule has 0 aromatic carbocycles. The largest absolute Gasteiger partial charge is 0.324 e. The van der Waals surface area contributed by atoms with E-state index < -0.39 is 5.54 Å². The maximum atomic E-state index is 12.5. The van der Waals surface area contributed by atoms with Crippen LogP contribution in [0.5, 0.6) is 0 Å². The van der Waals surface area contributed by atoms with Crippen LogP contribution in [0, 0.1) is 5.92 Å². The highest BCUT2D eigenvalue weighted by molar-refractivity contribution is 6.06. The molecule has 24 heavy (non-hydrogen) atoms. The molecule has 0 radical (unpaired) electrons. The first-order chi connectivity index (χ1) is 11.4. The molecule has 2 aliphatic rings. The van der Waals surface area contributed by atoms with Gasteiger partial charge >= 0.3 is 6.03 Å². The van der Waals surface area contributed by atoms with Crippen LogP contribution in [0.15, 0.2) is 12.4 Å². The highest BCUT2D eigenvalue weighted by atomic mass is 16.2. The van der Waals surface area contributed by atoms with Crippen LogP contribution in [0.25, 0.3) is 0 Å². The van der Waals surface area contributed by atoms with Gasteiger partial charge in [-0.1, -0.05) is 0 Å². The predicted molar refractivity (Wildman–Crippen MR) is 90.4 cm³/mol. The molecule has 2 saturated heterocycles. The van der Waals surface area contributed by atoms with Crippen molar-refractivity contribution in [2.45, 2.75) is 38.1 Å². The summed E-state index contributed by atoms with van der Waals surface area (Å²) in [5, 5.41) is 7.10. The SMILES string of the molecule is CN1C(=O)N[C@](C)([C@@H]2CCCN(CCCc3cnn(C)c3)C2)C1=O. The Morgan fingerprint density at radius 1 is 1.38 bits per heavy atom. The van der Waals surface area contributed by atoms with Crippen molar-refractivity contribution in [1.82, 2.24) is 24.9 Å². The molecule has 3 amide bonds. The molecule has 1 aromatic rings. The van der Waals surface area contributed by atoms with Crippen LogP contribution < -0.4 is 5.32 Å². The van der Waals surface area contributed by atoms with Gasteiger partial charge in [0.25, 0.3) is 5.91 Å². The fourth-order valence-corrected chi connectivity index (χ4v) is 3.91. The van der Waals surface area contributed by atoms with Gasteiger partial charge in [-0.05, 0) is 51.3 Å². The molecule has 2 aliphatic heterocycles. The highest BCUT2D eigenvalue weighted by Crippen LogP contribution is 2.32. The quantitative estimate of drug-likeness (QED) is 0.816. The van der Waals surface area contributed by atoms with Gasteiger partial charge in [0.05, 0.1) is 6.20 Å². The summed E-state index contributed by atoms with van der Waals surface area (Å²) >= 11 is 0. The van der Waals surface area contributed by atoms with Crippen LogP contribution in [0.4, 0.5) is 4.79 Å². The number of urea groups is 1. The van der Waals surface area contributed by atoms with Crippen molar-refractivity contribution >= 4 is 11.9 Å². The molecule has 3 rings (SSSR count). The summed E-state index contributed by atoms with van der Waals surface area (Å²) in [6, 6.07) is -0.281. The number of piperidine rings is 1. The lowest BCUT2D eigenvalue weighted by Gasteiger charge is -2.39. The van der Waals surface area contributed by atoms with Crippen LogP contribution in [-0.2, 0) is 18.3 Å². The average Bonchev–Trinajstić information content (AvgIpc) is 3.06. The zero-order chi connectivity index (χ0) is 17.3. The van der Waals surface area contributed by atoms with Gasteiger partial charge in [-0.15, -0.1) is 0 Å². The Morgan fingerprint density at radius 2 is 2.17 bits per heavy atom. The van der Waals surface area contributed by atoms with Crippen molar-refractivity contribution in [3.05, 3.63) is 18.0 Å². The number of likely N-dealkylation sites (tertiary alicyclic amines) is 1. The summed E-state index contributed by atoms with van der Waals surface area (Å²) in [5.74, 6) is 0.0701. The second kappa shape index (κ2) is 6.55. The van der Waals surface area contributed by atoms with Crippen molar-refractivity contribution in [2.24, 2.45) is 13.0 Å². The first-order valence-electron chi connectivity index (χ1n) is 8.70. The molecule has 7 nitrogen and oxygen atoms in total. The number of imide groups is 1. The minimum atomic E-state index is -0.756. The normalized spacial score (nSPS) is 28.5. The van der Waals surface area contributed by atoms with E-state index >= 15 is 0 Å². The Kier molecular flexibility index (Phi) is 4.62. The van der Waals surface area contributed by atoms with Crippen LogP contribution in [0.3, 0.4) is 0 Å². The number of amides is 3. The molecule has 0 aliphatic carbocycles. The number of carbonyl (C=O) groups excluding carboxylic acids is 2. The minimum absolute atomic E-state index is 0.102. The molecule has 1 N–H and O–H groups in total. The minimum Gasteiger partial charge on any atom is -0.323 e. The smallest absolute Gasteiger partial charge is 0.323 e. The molecule has 0 spiro atoms. The van der Waals surface area contributed by atoms with E-state index in [9.17, 15) is 9.59 Å². The molecule has 0 saturated carbocycles. The summed E-state index contributed by atoms with van der Waals surface area (Å²) in [5.41, 5.74) is 0.506. The summed E-state index contributed by atoms with van der Waals surface area (Å²) in [6.45, 7) is 4.82. The molecular weight excluding hydrogens is 306 g/mol. The third-order valence-corrected chi connectivity index (χ3v) is 5.44. The summed E-state index contributed by atoms with van der Waals surface area (Å²) in [4.78, 5) is 27.9. The Hall–Kier alpha value is -1.89. The van der Waals surface area contributed by atoms with Crippen molar-refractivity contribution in [1.29, 1.82) is 0 Å². The van der Waals surface area contributed by atoms with Crippen molar-refractivity contribution < 1.29 is 9.59 Å². The molecule has 7 heteroatoms. The van der Waals surface area contributed by atoms with E-state index in [-0.39, 0.29) is 17.9 Å². The average molecular weight is 333 g/mol. The van der Waals surface area contributed by atoms with E-state index in [1.807, 2.05) is 24.9 Å². The zero-order valence-corrected chi connectivity index (χ0v) is 14.8. The van der Waals surface area contributed by atoms with E-state index in [1.165, 1.54) is 10.5 Å². The number of likely N-dealkylation sites (N-methyl/N-ethyl adjacent to an activating group) is 1. The van der Waals surface area contributed by atoms with Crippen LogP contribution in [-0.4, -0.2) is 63.7 Å². The first-order valence-corrected chi connectivity index (χ1v) is 8.70. The Labute approximate surface area is 143 Å². The maximum absolute atomic E-state index is 12.5. The standard InChI is InChI=1S/C17H27N5O2/c1-17(15(23)21(3)16(24)19-17)14-7-5-9-22(12-14)8-4-6-13-10-18-20(2)11-13/h10-11,14H,4-9,12H2,1-3H3,(H,19,24)/t14-,17-/m1/s1. The van der Waals surface area contributed by atoms with Gasteiger partial charge in [0.15, 0.2) is 0 Å². The zero-order valence-electron chi connectivity index (χ0n) is 14.8. The molecular formula is C17H27N5O2. The molecule has 2 atom stereocenters. The molecule has 0 bridgehead atoms. The lowest BCUT2D eigenvalue weighted by molar-refractivity contribution is -0.132. The summed E-state index contributed by atoms with van der Waals surface area (Å²) in [6.07, 6.45) is 8.13. The topological polar surface area (TPSA) is 70.5 Å². The van der Waals surface area contributed by atoms with Crippen LogP contribution in [0.2, 0.25) is 0 Å². The van der Waals surface area contributed by atoms with Gasteiger partial charge in [0.2, 0.25) is 0 Å². The van der Waals surface area contributed by atoms with E-state index in [0.717, 1.165) is 45.3 Å². The Bertz CT molecular complexity index is 628. The lowest BCUT2D eigenvalue weighted by Crippen LogP contribution is -2.55. The highest BCUT2D eigenvalue weighted by Gasteiger charge is 2.51. The number of aromatic nitrogens is 2. The van der Waals surface area contributed by atoms with E-state index in [2.05, 4.69) is 21.5 Å². The Balaban J connectivity index is 1.54. The lowest BCUT2D eigenvalue weighted by atomic mass is 9.80. The molecule has 2 fully saturated rings. The third-order valence-electron chi connectivity index (χ3n) is 5.44. The van der Waals surface area contributed by atoms with Crippen molar-refractivity contribution in [3.8, 4) is 0 Å². The number of hydrogen-bond donors (Lipinski definition) is 1. The number of carbonyl (C=O) groups is 2. The number of nitrogens with zero attached hydrogens (tertiary/aromatic N) is 4. The van der Waals surface area contributed by atoms with Crippen LogP contribution in [0.1, 0.15) is 31.7 Å². The number of aryl methyl sites for hydroxylation is 2. The third kappa shape index (κ3) is 3.17. The van der Waals surface area contributed by atoms with Gasteiger partial charge < -0.3 is 10.2 Å². The fourth-order valence-electron chi connectivity index (χ4n) is 3.91. The van der Waals surface area contributed by atoms with Gasteiger partial charge in [0.1, 0.15) is 5.54 Å². The second-order valence-electron chi connectivity index (χ2n) is 7.26. The summed E-state index contributed by atoms with van der Waals surface area (Å²) in [7, 11) is 3.49. The molecule has 0 unspecified atom stereocenters. The van der Waals surface area contributed by atoms with Gasteiger partial charge in [-0.2, -0.15) is 5.10 Å². The fraction of sp³-hybridized carbons (Fsp3) is 0.706. The predicted octanol–water partition coefficient (Wildman–Crippen LogP) is 1.00. The number of hydrogen-bond acceptors (Lipinski definition) is 4. The number of rotatable bonds is 5. The monoisotopic (exact) mass is 333 g/mol. The second-order valence-corrected chi connectivity index (χ2v) is 7.26. The van der Waals surface area contributed by atoms with E-state index in [4.69, 9.17) is 0 Å². The first kappa shape index (κ1) is 17.0. The summed E-state index contributed by atoms with van der Waals surface area (Å²) < 4.78 is 1.83. The Morgan fingerprint density at radius 3 is 2.79 bits per heavy atom. The van der Waals surface area contributed by atoms with Crippen LogP contribution >= 0.6 is 0 Å². The molecule has 3 heterocycles. The maximum Gasteiger partial charge on any atom is 0.324 e. The van der Waals surface area contributed by atoms with E-state index in [0.29, 0.717) is 0 Å². The van der Waals surface area contributed by atoms with Gasteiger partial charge in [-0.3, -0.25) is 14.4 Å². The molecule has 1 aromatic heterocycles. The number of nitrogens with one attached hydrogen (secondary N) is 1. The van der Waals surface area contributed by atoms with Gasteiger partial charge in [-0.25, -0.2) is 4.79 Å². The molecule has 132 valence electrons. The van der Waals surface area contributed by atoms with Crippen molar-refractivity contribution in [2.75, 3.05) is 26.7 Å². The van der Waals surface area contributed by atoms with E-state index in [1.54, 1.807) is 7.05 Å². The van der Waals surface area contributed by atoms with Gasteiger partial charge in [0, 0.05) is 32.8 Å². The van der Waals surface area contributed by atoms with Crippen molar-refractivity contribution in [3.63, 3.8) is 0 Å².